The molecule has 0 saturated heterocycles. The summed E-state index contributed by atoms with van der Waals surface area (Å²) in [5.74, 6) is -0.752. The van der Waals surface area contributed by atoms with Gasteiger partial charge in [0.15, 0.2) is 12.3 Å². The smallest absolute Gasteiger partial charge is 0.357 e. The Kier molecular flexibility index (Phi) is 6.57. The molecule has 2 aromatic carbocycles. The number of amides is 1. The Hall–Kier alpha value is -3.68. The van der Waals surface area contributed by atoms with E-state index in [4.69, 9.17) is 9.47 Å². The van der Waals surface area contributed by atoms with E-state index < -0.39 is 18.5 Å². The summed E-state index contributed by atoms with van der Waals surface area (Å²) in [6, 6.07) is 13.1. The molecule has 0 radical (unpaired) electrons. The number of imidazole rings is 1. The zero-order chi connectivity index (χ0) is 20.6. The molecule has 0 spiro atoms. The molecule has 3 aromatic rings. The summed E-state index contributed by atoms with van der Waals surface area (Å²) < 4.78 is 24.9. The summed E-state index contributed by atoms with van der Waals surface area (Å²) in [6.07, 6.45) is 3.32. The highest BCUT2D eigenvalue weighted by molar-refractivity contribution is 5.90. The fraction of sp³-hybridized carbons (Fsp3) is 0.190. The lowest BCUT2D eigenvalue weighted by molar-refractivity contribution is -0.124. The second-order valence-electron chi connectivity index (χ2n) is 6.11. The largest absolute Gasteiger partial charge is 0.496 e. The number of esters is 1. The van der Waals surface area contributed by atoms with Crippen LogP contribution in [0.25, 0.3) is 5.69 Å². The predicted octanol–water partition coefficient (Wildman–Crippen LogP) is 2.54. The number of aromatic nitrogens is 2. The van der Waals surface area contributed by atoms with Crippen LogP contribution in [-0.2, 0) is 16.0 Å². The van der Waals surface area contributed by atoms with Crippen LogP contribution in [0.3, 0.4) is 0 Å². The minimum Gasteiger partial charge on any atom is -0.496 e. The third-order valence-corrected chi connectivity index (χ3v) is 4.20. The van der Waals surface area contributed by atoms with Gasteiger partial charge in [0.25, 0.3) is 5.91 Å². The van der Waals surface area contributed by atoms with Gasteiger partial charge in [-0.1, -0.05) is 18.2 Å². The Morgan fingerprint density at radius 3 is 2.66 bits per heavy atom. The van der Waals surface area contributed by atoms with Crippen LogP contribution in [-0.4, -0.2) is 41.7 Å². The van der Waals surface area contributed by atoms with Crippen LogP contribution < -0.4 is 10.1 Å². The zero-order valence-corrected chi connectivity index (χ0v) is 15.8. The van der Waals surface area contributed by atoms with E-state index in [2.05, 4.69) is 10.3 Å². The molecule has 0 fully saturated rings. The summed E-state index contributed by atoms with van der Waals surface area (Å²) in [5, 5.41) is 2.70. The number of carbonyl (C=O) groups is 2. The van der Waals surface area contributed by atoms with Crippen LogP contribution in [0.2, 0.25) is 0 Å². The molecule has 1 amide bonds. The van der Waals surface area contributed by atoms with E-state index in [-0.39, 0.29) is 11.5 Å². The van der Waals surface area contributed by atoms with E-state index in [1.165, 1.54) is 41.4 Å². The third-order valence-electron chi connectivity index (χ3n) is 4.20. The van der Waals surface area contributed by atoms with Crippen molar-refractivity contribution in [3.8, 4) is 11.4 Å². The first-order valence-corrected chi connectivity index (χ1v) is 8.92. The van der Waals surface area contributed by atoms with Crippen molar-refractivity contribution in [2.24, 2.45) is 0 Å². The minimum atomic E-state index is -0.702. The van der Waals surface area contributed by atoms with Crippen molar-refractivity contribution in [1.29, 1.82) is 0 Å². The Labute approximate surface area is 167 Å². The van der Waals surface area contributed by atoms with E-state index in [1.807, 2.05) is 24.3 Å². The number of halogens is 1. The van der Waals surface area contributed by atoms with Crippen LogP contribution in [0.5, 0.6) is 5.75 Å². The number of nitrogens with one attached hydrogen (secondary N) is 1. The molecule has 150 valence electrons. The van der Waals surface area contributed by atoms with Gasteiger partial charge in [0.2, 0.25) is 0 Å². The lowest BCUT2D eigenvalue weighted by Gasteiger charge is -2.10. The van der Waals surface area contributed by atoms with Crippen molar-refractivity contribution in [3.63, 3.8) is 0 Å². The number of methoxy groups -OCH3 is 1. The van der Waals surface area contributed by atoms with Crippen molar-refractivity contribution in [2.45, 2.75) is 6.42 Å². The summed E-state index contributed by atoms with van der Waals surface area (Å²) >= 11 is 0. The molecule has 1 N–H and O–H groups in total. The molecule has 7 nitrogen and oxygen atoms in total. The fourth-order valence-corrected chi connectivity index (χ4v) is 2.76. The quantitative estimate of drug-likeness (QED) is 0.591. The number of nitrogens with zero attached hydrogens (tertiary/aromatic N) is 2. The van der Waals surface area contributed by atoms with Gasteiger partial charge >= 0.3 is 5.97 Å². The molecular weight excluding hydrogens is 377 g/mol. The molecule has 0 atom stereocenters. The maximum atomic E-state index is 13.1. The lowest BCUT2D eigenvalue weighted by atomic mass is 10.1. The molecule has 3 rings (SSSR count). The van der Waals surface area contributed by atoms with Crippen LogP contribution >= 0.6 is 0 Å². The first kappa shape index (κ1) is 20.1. The van der Waals surface area contributed by atoms with Crippen molar-refractivity contribution >= 4 is 11.9 Å². The molecule has 0 aliphatic rings. The SMILES string of the molecule is COc1ccccc1CCNC(=O)COC(=O)c1cncn1-c1ccc(F)cc1. The molecule has 0 saturated carbocycles. The minimum absolute atomic E-state index is 0.137. The van der Waals surface area contributed by atoms with Gasteiger partial charge in [-0.2, -0.15) is 0 Å². The fourth-order valence-electron chi connectivity index (χ4n) is 2.76. The Bertz CT molecular complexity index is 986. The Balaban J connectivity index is 1.50. The van der Waals surface area contributed by atoms with E-state index in [0.29, 0.717) is 18.7 Å². The van der Waals surface area contributed by atoms with Gasteiger partial charge in [-0.25, -0.2) is 14.2 Å². The molecule has 0 unspecified atom stereocenters. The van der Waals surface area contributed by atoms with Crippen LogP contribution in [0.1, 0.15) is 16.1 Å². The normalized spacial score (nSPS) is 10.4. The summed E-state index contributed by atoms with van der Waals surface area (Å²) in [5.41, 5.74) is 1.66. The summed E-state index contributed by atoms with van der Waals surface area (Å²) in [7, 11) is 1.59. The van der Waals surface area contributed by atoms with Crippen LogP contribution in [0.15, 0.2) is 61.1 Å². The number of benzene rings is 2. The second kappa shape index (κ2) is 9.50. The number of hydrogen-bond donors (Lipinski definition) is 1. The standard InChI is InChI=1S/C21H20FN3O4/c1-28-19-5-3-2-4-15(19)10-11-24-20(26)13-29-21(27)18-12-23-14-25(18)17-8-6-16(22)7-9-17/h2-9,12,14H,10-11,13H2,1H3,(H,24,26). The molecule has 29 heavy (non-hydrogen) atoms. The van der Waals surface area contributed by atoms with Crippen LogP contribution in [0, 0.1) is 5.82 Å². The molecule has 1 aromatic heterocycles. The van der Waals surface area contributed by atoms with E-state index in [1.54, 1.807) is 7.11 Å². The average Bonchev–Trinajstić information content (AvgIpc) is 3.23. The summed E-state index contributed by atoms with van der Waals surface area (Å²) in [4.78, 5) is 28.2. The van der Waals surface area contributed by atoms with Crippen LogP contribution in [0.4, 0.5) is 4.39 Å². The van der Waals surface area contributed by atoms with Gasteiger partial charge in [-0.3, -0.25) is 9.36 Å². The Morgan fingerprint density at radius 1 is 1.14 bits per heavy atom. The topological polar surface area (TPSA) is 82.4 Å². The number of rotatable bonds is 8. The van der Waals surface area contributed by atoms with Gasteiger partial charge in [-0.15, -0.1) is 0 Å². The highest BCUT2D eigenvalue weighted by atomic mass is 19.1. The zero-order valence-electron chi connectivity index (χ0n) is 15.8. The molecular formula is C21H20FN3O4. The average molecular weight is 397 g/mol. The first-order valence-electron chi connectivity index (χ1n) is 8.92. The van der Waals surface area contributed by atoms with Crippen molar-refractivity contribution < 1.29 is 23.5 Å². The number of hydrogen-bond acceptors (Lipinski definition) is 5. The second-order valence-corrected chi connectivity index (χ2v) is 6.11. The van der Waals surface area contributed by atoms with Gasteiger partial charge in [-0.05, 0) is 42.3 Å². The highest BCUT2D eigenvalue weighted by Gasteiger charge is 2.16. The number of para-hydroxylation sites is 1. The number of carbonyl (C=O) groups excluding carboxylic acids is 2. The highest BCUT2D eigenvalue weighted by Crippen LogP contribution is 2.17. The monoisotopic (exact) mass is 397 g/mol. The van der Waals surface area contributed by atoms with E-state index in [9.17, 15) is 14.0 Å². The maximum Gasteiger partial charge on any atom is 0.357 e. The van der Waals surface area contributed by atoms with E-state index >= 15 is 0 Å². The molecule has 8 heteroatoms. The Morgan fingerprint density at radius 2 is 1.90 bits per heavy atom. The van der Waals surface area contributed by atoms with Gasteiger partial charge in [0.1, 0.15) is 11.6 Å². The van der Waals surface area contributed by atoms with Gasteiger partial charge in [0, 0.05) is 12.2 Å². The van der Waals surface area contributed by atoms with E-state index in [0.717, 1.165) is 11.3 Å². The maximum absolute atomic E-state index is 13.1. The molecule has 0 bridgehead atoms. The third kappa shape index (κ3) is 5.19. The van der Waals surface area contributed by atoms with Crippen molar-refractivity contribution in [3.05, 3.63) is 78.1 Å². The van der Waals surface area contributed by atoms with Crippen molar-refractivity contribution in [1.82, 2.24) is 14.9 Å². The molecule has 1 heterocycles. The first-order chi connectivity index (χ1) is 14.1. The summed E-state index contributed by atoms with van der Waals surface area (Å²) in [6.45, 7) is -0.0381. The number of ether oxygens (including phenoxy) is 2. The molecule has 0 aliphatic carbocycles. The van der Waals surface area contributed by atoms with Crippen molar-refractivity contribution in [2.75, 3.05) is 20.3 Å². The lowest BCUT2D eigenvalue weighted by Crippen LogP contribution is -2.30. The van der Waals surface area contributed by atoms with Gasteiger partial charge in [0.05, 0.1) is 19.6 Å². The van der Waals surface area contributed by atoms with Gasteiger partial charge < -0.3 is 14.8 Å². The molecule has 0 aliphatic heterocycles. The predicted molar refractivity (Wildman–Crippen MR) is 104 cm³/mol.